The molecule has 2 heterocycles. The number of alkyl halides is 4. The molecule has 2 aliphatic heterocycles. The second-order valence-corrected chi connectivity index (χ2v) is 8.97. The molecule has 0 saturated carbocycles. The second-order valence-electron chi connectivity index (χ2n) is 8.97. The Labute approximate surface area is 186 Å². The van der Waals surface area contributed by atoms with Crippen LogP contribution in [0.5, 0.6) is 0 Å². The predicted molar refractivity (Wildman–Crippen MR) is 120 cm³/mol. The first kappa shape index (κ1) is 22.9. The summed E-state index contributed by atoms with van der Waals surface area (Å²) in [6.07, 6.45) is -3.19. The number of nitrogens with one attached hydrogen (secondary N) is 1. The maximum atomic E-state index is 13.4. The number of rotatable bonds is 7. The lowest BCUT2D eigenvalue weighted by molar-refractivity contribution is -0.155. The second kappa shape index (κ2) is 9.27. The maximum Gasteiger partial charge on any atom is 0.401 e. The summed E-state index contributed by atoms with van der Waals surface area (Å²) < 4.78 is 52.5. The van der Waals surface area contributed by atoms with Gasteiger partial charge in [-0.25, -0.2) is 0 Å². The third kappa shape index (κ3) is 5.18. The first-order chi connectivity index (χ1) is 15.2. The molecule has 2 atom stereocenters. The molecule has 1 fully saturated rings. The number of hydrogen-bond donors (Lipinski definition) is 2. The summed E-state index contributed by atoms with van der Waals surface area (Å²) in [5.74, 6) is 0. The molecule has 2 aromatic carbocycles. The van der Waals surface area contributed by atoms with Crippen LogP contribution in [-0.4, -0.2) is 60.9 Å². The zero-order chi connectivity index (χ0) is 22.9. The van der Waals surface area contributed by atoms with Gasteiger partial charge in [-0.3, -0.25) is 14.2 Å². The van der Waals surface area contributed by atoms with Crippen molar-refractivity contribution in [1.82, 2.24) is 9.80 Å². The number of nitrogens with two attached hydrogens (primary N) is 1. The Kier molecular flexibility index (Phi) is 6.62. The number of nitrogen functional groups attached to an aromatic ring is 1. The summed E-state index contributed by atoms with van der Waals surface area (Å²) in [6, 6.07) is 12.7. The van der Waals surface area contributed by atoms with Crippen LogP contribution in [0, 0.1) is 0 Å². The van der Waals surface area contributed by atoms with Gasteiger partial charge < -0.3 is 11.1 Å². The minimum absolute atomic E-state index is 0.265. The fourth-order valence-corrected chi connectivity index (χ4v) is 4.89. The topological polar surface area (TPSA) is 44.5 Å². The van der Waals surface area contributed by atoms with E-state index in [0.29, 0.717) is 24.6 Å². The molecule has 0 radical (unpaired) electrons. The lowest BCUT2D eigenvalue weighted by Gasteiger charge is -2.43. The van der Waals surface area contributed by atoms with Crippen molar-refractivity contribution in [3.8, 4) is 0 Å². The van der Waals surface area contributed by atoms with Crippen molar-refractivity contribution in [3.63, 3.8) is 0 Å². The number of likely N-dealkylation sites (tertiary alicyclic amines) is 1. The Bertz CT molecular complexity index is 909. The first-order valence-electron chi connectivity index (χ1n) is 11.1. The summed E-state index contributed by atoms with van der Waals surface area (Å²) in [7, 11) is 0. The van der Waals surface area contributed by atoms with E-state index in [4.69, 9.17) is 5.73 Å². The third-order valence-electron chi connectivity index (χ3n) is 6.40. The lowest BCUT2D eigenvalue weighted by atomic mass is 9.84. The standard InChI is InChI=1S/C24H30F4N4/c1-16-11-18-12-19(29)5-8-22(18)23(32(16)15-24(26,27)28)17-3-6-20(7-4-17)30-21-13-31(14-21)10-2-9-25/h3-8,12,16,21,23,30H,2,9-11,13-15,29H2,1H3/t16-,23-/m1/s1. The Hall–Kier alpha value is -2.32. The van der Waals surface area contributed by atoms with Gasteiger partial charge in [-0.2, -0.15) is 13.2 Å². The van der Waals surface area contributed by atoms with E-state index in [-0.39, 0.29) is 12.7 Å². The van der Waals surface area contributed by atoms with Crippen LogP contribution >= 0.6 is 0 Å². The van der Waals surface area contributed by atoms with Gasteiger partial charge in [0, 0.05) is 37.1 Å². The monoisotopic (exact) mass is 450 g/mol. The zero-order valence-electron chi connectivity index (χ0n) is 18.2. The molecule has 8 heteroatoms. The molecule has 174 valence electrons. The van der Waals surface area contributed by atoms with E-state index in [0.717, 1.165) is 42.0 Å². The van der Waals surface area contributed by atoms with Gasteiger partial charge in [0.05, 0.1) is 25.3 Å². The highest BCUT2D eigenvalue weighted by Gasteiger charge is 2.40. The minimum Gasteiger partial charge on any atom is -0.399 e. The van der Waals surface area contributed by atoms with Crippen LogP contribution in [0.3, 0.4) is 0 Å². The van der Waals surface area contributed by atoms with E-state index < -0.39 is 18.8 Å². The largest absolute Gasteiger partial charge is 0.401 e. The molecule has 4 nitrogen and oxygen atoms in total. The molecule has 0 aliphatic carbocycles. The van der Waals surface area contributed by atoms with Gasteiger partial charge >= 0.3 is 6.18 Å². The van der Waals surface area contributed by atoms with E-state index in [1.807, 2.05) is 43.3 Å². The molecular weight excluding hydrogens is 420 g/mol. The molecule has 1 saturated heterocycles. The van der Waals surface area contributed by atoms with E-state index in [2.05, 4.69) is 10.2 Å². The number of fused-ring (bicyclic) bond motifs is 1. The first-order valence-corrected chi connectivity index (χ1v) is 11.1. The van der Waals surface area contributed by atoms with Crippen molar-refractivity contribution in [3.05, 3.63) is 59.2 Å². The minimum atomic E-state index is -4.28. The lowest BCUT2D eigenvalue weighted by Crippen LogP contribution is -2.54. The number of anilines is 2. The molecule has 0 aromatic heterocycles. The summed E-state index contributed by atoms with van der Waals surface area (Å²) in [5, 5.41) is 3.45. The zero-order valence-corrected chi connectivity index (χ0v) is 18.2. The molecule has 0 unspecified atom stereocenters. The molecule has 2 aromatic rings. The highest BCUT2D eigenvalue weighted by molar-refractivity contribution is 5.52. The van der Waals surface area contributed by atoms with Gasteiger partial charge in [0.1, 0.15) is 0 Å². The smallest absolute Gasteiger partial charge is 0.399 e. The summed E-state index contributed by atoms with van der Waals surface area (Å²) in [4.78, 5) is 3.74. The van der Waals surface area contributed by atoms with Gasteiger partial charge in [-0.1, -0.05) is 18.2 Å². The molecule has 0 amide bonds. The van der Waals surface area contributed by atoms with E-state index in [1.54, 1.807) is 6.07 Å². The van der Waals surface area contributed by atoms with Crippen LogP contribution in [0.2, 0.25) is 0 Å². The van der Waals surface area contributed by atoms with Crippen LogP contribution in [0.4, 0.5) is 28.9 Å². The third-order valence-corrected chi connectivity index (χ3v) is 6.40. The van der Waals surface area contributed by atoms with Crippen molar-refractivity contribution < 1.29 is 17.6 Å². The fraction of sp³-hybridized carbons (Fsp3) is 0.500. The molecule has 3 N–H and O–H groups in total. The molecule has 0 bridgehead atoms. The average Bonchev–Trinajstić information content (AvgIpc) is 2.70. The van der Waals surface area contributed by atoms with Crippen molar-refractivity contribution in [2.45, 2.75) is 44.1 Å². The molecule has 32 heavy (non-hydrogen) atoms. The van der Waals surface area contributed by atoms with Crippen molar-refractivity contribution in [2.75, 3.05) is 43.9 Å². The van der Waals surface area contributed by atoms with E-state index in [1.165, 1.54) is 4.90 Å². The average molecular weight is 451 g/mol. The number of benzene rings is 2. The molecule has 0 spiro atoms. The van der Waals surface area contributed by atoms with Crippen LogP contribution in [0.1, 0.15) is 36.1 Å². The Morgan fingerprint density at radius 1 is 1.09 bits per heavy atom. The van der Waals surface area contributed by atoms with Crippen LogP contribution in [-0.2, 0) is 6.42 Å². The van der Waals surface area contributed by atoms with E-state index in [9.17, 15) is 17.6 Å². The van der Waals surface area contributed by atoms with Gasteiger partial charge in [-0.05, 0) is 60.7 Å². The van der Waals surface area contributed by atoms with Crippen LogP contribution in [0.25, 0.3) is 0 Å². The van der Waals surface area contributed by atoms with Crippen molar-refractivity contribution in [1.29, 1.82) is 0 Å². The predicted octanol–water partition coefficient (Wildman–Crippen LogP) is 4.62. The van der Waals surface area contributed by atoms with Crippen molar-refractivity contribution >= 4 is 11.4 Å². The summed E-state index contributed by atoms with van der Waals surface area (Å²) in [5.41, 5.74) is 10.2. The summed E-state index contributed by atoms with van der Waals surface area (Å²) in [6.45, 7) is 3.10. The van der Waals surface area contributed by atoms with Gasteiger partial charge in [0.2, 0.25) is 0 Å². The Balaban J connectivity index is 1.53. The van der Waals surface area contributed by atoms with Crippen LogP contribution < -0.4 is 11.1 Å². The molecule has 2 aliphatic rings. The maximum absolute atomic E-state index is 13.4. The molecular formula is C24H30F4N4. The fourth-order valence-electron chi connectivity index (χ4n) is 4.89. The van der Waals surface area contributed by atoms with Gasteiger partial charge in [-0.15, -0.1) is 0 Å². The molecule has 4 rings (SSSR count). The summed E-state index contributed by atoms with van der Waals surface area (Å²) >= 11 is 0. The highest BCUT2D eigenvalue weighted by atomic mass is 19.4. The Morgan fingerprint density at radius 3 is 2.47 bits per heavy atom. The van der Waals surface area contributed by atoms with Gasteiger partial charge in [0.15, 0.2) is 0 Å². The number of hydrogen-bond acceptors (Lipinski definition) is 4. The van der Waals surface area contributed by atoms with Gasteiger partial charge in [0.25, 0.3) is 0 Å². The number of halogens is 4. The van der Waals surface area contributed by atoms with E-state index >= 15 is 0 Å². The SMILES string of the molecule is C[C@@H]1Cc2cc(N)ccc2[C@@H](c2ccc(NC3CN(CCCF)C3)cc2)N1CC(F)(F)F. The quantitative estimate of drug-likeness (QED) is 0.477. The van der Waals surface area contributed by atoms with Crippen LogP contribution in [0.15, 0.2) is 42.5 Å². The van der Waals surface area contributed by atoms with Crippen molar-refractivity contribution in [2.24, 2.45) is 0 Å². The Morgan fingerprint density at radius 2 is 1.81 bits per heavy atom. The normalized spacial score (nSPS) is 22.4. The number of nitrogens with zero attached hydrogens (tertiary/aromatic N) is 2. The highest BCUT2D eigenvalue weighted by Crippen LogP contribution is 2.40.